The summed E-state index contributed by atoms with van der Waals surface area (Å²) in [6.07, 6.45) is 3.25. The Morgan fingerprint density at radius 3 is 2.47 bits per heavy atom. The number of esters is 1. The monoisotopic (exact) mass is 214 g/mol. The topological polar surface area (TPSA) is 46.5 Å². The maximum atomic E-state index is 10.5. The van der Waals surface area contributed by atoms with Crippen molar-refractivity contribution in [2.75, 3.05) is 6.61 Å². The Bertz CT molecular complexity index is 219. The second kappa shape index (κ2) is 7.46. The molecule has 15 heavy (non-hydrogen) atoms. The van der Waals surface area contributed by atoms with E-state index in [-0.39, 0.29) is 12.1 Å². The number of allylic oxidation sites excluding steroid dienone is 1. The van der Waals surface area contributed by atoms with Gasteiger partial charge in [0.2, 0.25) is 0 Å². The van der Waals surface area contributed by atoms with Crippen molar-refractivity contribution >= 4 is 5.97 Å². The van der Waals surface area contributed by atoms with Crippen molar-refractivity contribution in [3.8, 4) is 0 Å². The zero-order valence-corrected chi connectivity index (χ0v) is 10.1. The van der Waals surface area contributed by atoms with Crippen molar-refractivity contribution in [2.45, 2.75) is 46.6 Å². The van der Waals surface area contributed by atoms with Gasteiger partial charge in [-0.25, -0.2) is 0 Å². The van der Waals surface area contributed by atoms with Gasteiger partial charge in [0.05, 0.1) is 6.10 Å². The highest BCUT2D eigenvalue weighted by atomic mass is 16.5. The van der Waals surface area contributed by atoms with Gasteiger partial charge in [0, 0.05) is 6.92 Å². The molecule has 0 radical (unpaired) electrons. The molecular weight excluding hydrogens is 192 g/mol. The minimum Gasteiger partial charge on any atom is -0.462 e. The Morgan fingerprint density at radius 2 is 2.00 bits per heavy atom. The lowest BCUT2D eigenvalue weighted by Crippen LogP contribution is -2.14. The number of aliphatic hydroxyl groups excluding tert-OH is 1. The van der Waals surface area contributed by atoms with E-state index >= 15 is 0 Å². The van der Waals surface area contributed by atoms with Gasteiger partial charge in [-0.15, -0.1) is 0 Å². The molecule has 1 unspecified atom stereocenters. The molecule has 0 bridgehead atoms. The predicted octanol–water partition coefficient (Wildman–Crippen LogP) is 2.29. The summed E-state index contributed by atoms with van der Waals surface area (Å²) in [5, 5.41) is 9.58. The number of carbonyl (C=O) groups is 1. The fourth-order valence-electron chi connectivity index (χ4n) is 1.11. The van der Waals surface area contributed by atoms with Gasteiger partial charge in [0.15, 0.2) is 0 Å². The Kier molecular flexibility index (Phi) is 7.05. The molecule has 0 aliphatic rings. The number of hydrogen-bond acceptors (Lipinski definition) is 3. The highest BCUT2D eigenvalue weighted by Gasteiger charge is 2.08. The lowest BCUT2D eigenvalue weighted by molar-refractivity contribution is -0.139. The first-order valence-corrected chi connectivity index (χ1v) is 5.40. The normalized spacial score (nSPS) is 14.1. The zero-order chi connectivity index (χ0) is 11.8. The van der Waals surface area contributed by atoms with Crippen molar-refractivity contribution < 1.29 is 14.6 Å². The van der Waals surface area contributed by atoms with Crippen molar-refractivity contribution in [2.24, 2.45) is 5.92 Å². The van der Waals surface area contributed by atoms with Crippen LogP contribution in [0.25, 0.3) is 0 Å². The molecule has 0 aromatic carbocycles. The van der Waals surface area contributed by atoms with Crippen molar-refractivity contribution in [1.82, 2.24) is 0 Å². The van der Waals surface area contributed by atoms with E-state index in [0.717, 1.165) is 18.4 Å². The van der Waals surface area contributed by atoms with Crippen LogP contribution in [0.5, 0.6) is 0 Å². The molecule has 0 fully saturated rings. The van der Waals surface area contributed by atoms with Gasteiger partial charge in [-0.3, -0.25) is 4.79 Å². The Balaban J connectivity index is 3.72. The van der Waals surface area contributed by atoms with E-state index in [2.05, 4.69) is 0 Å². The van der Waals surface area contributed by atoms with Crippen LogP contribution in [0.4, 0.5) is 0 Å². The SMILES string of the molecule is CC(=O)OC/C=C(/C)CCC(O)C(C)C. The summed E-state index contributed by atoms with van der Waals surface area (Å²) in [5.74, 6) is 0.0348. The lowest BCUT2D eigenvalue weighted by atomic mass is 10.00. The van der Waals surface area contributed by atoms with E-state index in [1.165, 1.54) is 6.92 Å². The molecule has 1 atom stereocenters. The number of carbonyl (C=O) groups excluding carboxylic acids is 1. The fraction of sp³-hybridized carbons (Fsp3) is 0.750. The minimum atomic E-state index is -0.263. The minimum absolute atomic E-state index is 0.248. The summed E-state index contributed by atoms with van der Waals surface area (Å²) in [6.45, 7) is 7.71. The van der Waals surface area contributed by atoms with Crippen molar-refractivity contribution in [3.63, 3.8) is 0 Å². The molecule has 0 aromatic rings. The summed E-state index contributed by atoms with van der Waals surface area (Å²) in [5.41, 5.74) is 1.15. The molecule has 0 heterocycles. The molecule has 0 saturated heterocycles. The van der Waals surface area contributed by atoms with Crippen LogP contribution >= 0.6 is 0 Å². The molecular formula is C12H22O3. The second-order valence-corrected chi connectivity index (χ2v) is 4.20. The van der Waals surface area contributed by atoms with E-state index in [1.54, 1.807) is 0 Å². The summed E-state index contributed by atoms with van der Waals surface area (Å²) in [4.78, 5) is 10.5. The fourth-order valence-corrected chi connectivity index (χ4v) is 1.11. The third-order valence-corrected chi connectivity index (χ3v) is 2.32. The Hall–Kier alpha value is -0.830. The molecule has 0 spiro atoms. The summed E-state index contributed by atoms with van der Waals surface area (Å²) < 4.78 is 4.79. The molecule has 0 amide bonds. The summed E-state index contributed by atoms with van der Waals surface area (Å²) in [6, 6.07) is 0. The number of aliphatic hydroxyl groups is 1. The van der Waals surface area contributed by atoms with Gasteiger partial charge in [-0.05, 0) is 31.8 Å². The third kappa shape index (κ3) is 8.18. The van der Waals surface area contributed by atoms with Crippen LogP contribution in [0.1, 0.15) is 40.5 Å². The molecule has 1 N–H and O–H groups in total. The highest BCUT2D eigenvalue weighted by molar-refractivity contribution is 5.66. The molecule has 3 heteroatoms. The Labute approximate surface area is 92.1 Å². The van der Waals surface area contributed by atoms with Gasteiger partial charge in [0.1, 0.15) is 6.61 Å². The van der Waals surface area contributed by atoms with Gasteiger partial charge in [0.25, 0.3) is 0 Å². The van der Waals surface area contributed by atoms with Crippen LogP contribution in [-0.4, -0.2) is 23.8 Å². The molecule has 88 valence electrons. The molecule has 0 aromatic heterocycles. The maximum absolute atomic E-state index is 10.5. The van der Waals surface area contributed by atoms with Crippen LogP contribution in [0.15, 0.2) is 11.6 Å². The quantitative estimate of drug-likeness (QED) is 0.545. The predicted molar refractivity (Wildman–Crippen MR) is 60.5 cm³/mol. The third-order valence-electron chi connectivity index (χ3n) is 2.32. The van der Waals surface area contributed by atoms with E-state index in [0.29, 0.717) is 12.5 Å². The van der Waals surface area contributed by atoms with Crippen LogP contribution in [0, 0.1) is 5.92 Å². The second-order valence-electron chi connectivity index (χ2n) is 4.20. The number of ether oxygens (including phenoxy) is 1. The summed E-state index contributed by atoms with van der Waals surface area (Å²) in [7, 11) is 0. The first kappa shape index (κ1) is 14.2. The van der Waals surface area contributed by atoms with Gasteiger partial charge < -0.3 is 9.84 Å². The Morgan fingerprint density at radius 1 is 1.40 bits per heavy atom. The van der Waals surface area contributed by atoms with Crippen molar-refractivity contribution in [1.29, 1.82) is 0 Å². The van der Waals surface area contributed by atoms with E-state index in [1.807, 2.05) is 26.8 Å². The largest absolute Gasteiger partial charge is 0.462 e. The number of hydrogen-bond donors (Lipinski definition) is 1. The van der Waals surface area contributed by atoms with Crippen LogP contribution in [-0.2, 0) is 9.53 Å². The molecule has 0 aliphatic carbocycles. The molecule has 0 saturated carbocycles. The standard InChI is InChI=1S/C12H22O3/c1-9(2)12(14)6-5-10(3)7-8-15-11(4)13/h7,9,12,14H,5-6,8H2,1-4H3/b10-7-. The maximum Gasteiger partial charge on any atom is 0.302 e. The average molecular weight is 214 g/mol. The molecule has 3 nitrogen and oxygen atoms in total. The van der Waals surface area contributed by atoms with E-state index < -0.39 is 0 Å². The van der Waals surface area contributed by atoms with Gasteiger partial charge in [-0.2, -0.15) is 0 Å². The van der Waals surface area contributed by atoms with E-state index in [4.69, 9.17) is 4.74 Å². The first-order valence-electron chi connectivity index (χ1n) is 5.40. The van der Waals surface area contributed by atoms with Gasteiger partial charge >= 0.3 is 5.97 Å². The summed E-state index contributed by atoms with van der Waals surface area (Å²) >= 11 is 0. The zero-order valence-electron chi connectivity index (χ0n) is 10.1. The van der Waals surface area contributed by atoms with Crippen LogP contribution < -0.4 is 0 Å². The van der Waals surface area contributed by atoms with Crippen LogP contribution in [0.3, 0.4) is 0 Å². The van der Waals surface area contributed by atoms with E-state index in [9.17, 15) is 9.90 Å². The lowest BCUT2D eigenvalue weighted by Gasteiger charge is -2.14. The average Bonchev–Trinajstić information content (AvgIpc) is 2.13. The highest BCUT2D eigenvalue weighted by Crippen LogP contribution is 2.12. The first-order chi connectivity index (χ1) is 6.93. The van der Waals surface area contributed by atoms with Crippen molar-refractivity contribution in [3.05, 3.63) is 11.6 Å². The van der Waals surface area contributed by atoms with Crippen LogP contribution in [0.2, 0.25) is 0 Å². The molecule has 0 aliphatic heterocycles. The number of rotatable bonds is 6. The van der Waals surface area contributed by atoms with Gasteiger partial charge in [-0.1, -0.05) is 19.4 Å². The smallest absolute Gasteiger partial charge is 0.302 e. The molecule has 0 rings (SSSR count).